The van der Waals surface area contributed by atoms with Gasteiger partial charge in [-0.05, 0) is 23.6 Å². The third-order valence-corrected chi connectivity index (χ3v) is 3.74. The maximum Gasteiger partial charge on any atom is 0.161 e. The number of rotatable bonds is 5. The van der Waals surface area contributed by atoms with Crippen LogP contribution >= 0.6 is 27.5 Å². The first-order valence-corrected chi connectivity index (χ1v) is 7.04. The van der Waals surface area contributed by atoms with Crippen LogP contribution in [0.15, 0.2) is 22.2 Å². The van der Waals surface area contributed by atoms with Crippen molar-refractivity contribution in [3.05, 3.63) is 27.7 Å². The topological polar surface area (TPSA) is 18.5 Å². The Morgan fingerprint density at radius 1 is 1.28 bits per heavy atom. The Bertz CT molecular complexity index is 442. The van der Waals surface area contributed by atoms with Crippen molar-refractivity contribution in [2.75, 3.05) is 20.1 Å². The van der Waals surface area contributed by atoms with Crippen molar-refractivity contribution in [2.45, 2.75) is 13.8 Å². The van der Waals surface area contributed by atoms with E-state index in [-0.39, 0.29) is 0 Å². The summed E-state index contributed by atoms with van der Waals surface area (Å²) in [4.78, 5) is 0. The van der Waals surface area contributed by atoms with E-state index in [0.717, 1.165) is 10.0 Å². The number of ether oxygens (including phenoxy) is 2. The van der Waals surface area contributed by atoms with E-state index in [0.29, 0.717) is 23.3 Å². The molecule has 1 aromatic carbocycles. The predicted octanol–water partition coefficient (Wildman–Crippen LogP) is 4.74. The summed E-state index contributed by atoms with van der Waals surface area (Å²) in [5.74, 6) is 2.36. The molecule has 0 radical (unpaired) electrons. The predicted molar refractivity (Wildman–Crippen MR) is 80.8 cm³/mol. The number of benzene rings is 1. The van der Waals surface area contributed by atoms with Gasteiger partial charge in [0.05, 0.1) is 14.2 Å². The van der Waals surface area contributed by atoms with Gasteiger partial charge < -0.3 is 9.47 Å². The highest BCUT2D eigenvalue weighted by Gasteiger charge is 2.10. The van der Waals surface area contributed by atoms with Crippen molar-refractivity contribution >= 4 is 33.6 Å². The van der Waals surface area contributed by atoms with E-state index in [1.54, 1.807) is 14.2 Å². The van der Waals surface area contributed by atoms with Crippen LogP contribution in [0.5, 0.6) is 11.5 Å². The van der Waals surface area contributed by atoms with Crippen molar-refractivity contribution in [1.29, 1.82) is 0 Å². The molecule has 0 unspecified atom stereocenters. The lowest BCUT2D eigenvalue weighted by Crippen LogP contribution is -1.96. The first-order valence-electron chi connectivity index (χ1n) is 5.71. The fraction of sp³-hybridized carbons (Fsp3) is 0.429. The van der Waals surface area contributed by atoms with E-state index < -0.39 is 0 Å². The highest BCUT2D eigenvalue weighted by Crippen LogP contribution is 2.34. The van der Waals surface area contributed by atoms with Crippen LogP contribution in [0.2, 0.25) is 0 Å². The molecule has 0 aliphatic rings. The molecule has 0 bridgehead atoms. The minimum atomic E-state index is 0.419. The number of allylic oxidation sites excluding steroid dienone is 1. The van der Waals surface area contributed by atoms with Gasteiger partial charge in [0, 0.05) is 10.4 Å². The molecule has 1 rings (SSSR count). The summed E-state index contributed by atoms with van der Waals surface area (Å²) < 4.78 is 11.5. The van der Waals surface area contributed by atoms with E-state index in [2.05, 4.69) is 35.9 Å². The summed E-state index contributed by atoms with van der Waals surface area (Å²) in [5.41, 5.74) is 2.22. The molecule has 0 N–H and O–H groups in total. The minimum Gasteiger partial charge on any atom is -0.493 e. The zero-order valence-electron chi connectivity index (χ0n) is 11.1. The molecular weight excluding hydrogens is 316 g/mol. The van der Waals surface area contributed by atoms with Crippen LogP contribution in [0.4, 0.5) is 0 Å². The average Bonchev–Trinajstić information content (AvgIpc) is 2.36. The number of alkyl halides is 1. The van der Waals surface area contributed by atoms with E-state index in [9.17, 15) is 0 Å². The Morgan fingerprint density at radius 2 is 1.83 bits per heavy atom. The Kier molecular flexibility index (Phi) is 6.03. The first kappa shape index (κ1) is 15.4. The molecule has 0 saturated heterocycles. The van der Waals surface area contributed by atoms with Gasteiger partial charge in [0.1, 0.15) is 0 Å². The van der Waals surface area contributed by atoms with Crippen molar-refractivity contribution in [1.82, 2.24) is 0 Å². The van der Waals surface area contributed by atoms with E-state index in [4.69, 9.17) is 21.1 Å². The quantitative estimate of drug-likeness (QED) is 0.724. The summed E-state index contributed by atoms with van der Waals surface area (Å²) in [7, 11) is 3.25. The van der Waals surface area contributed by atoms with Gasteiger partial charge in [0.2, 0.25) is 0 Å². The summed E-state index contributed by atoms with van der Waals surface area (Å²) in [6.45, 7) is 4.26. The zero-order valence-corrected chi connectivity index (χ0v) is 13.4. The molecule has 100 valence electrons. The third kappa shape index (κ3) is 3.66. The molecular formula is C14H18BrClO2. The molecule has 0 atom stereocenters. The SMILES string of the molecule is COc1cc(Br)c(C=C(CCl)C(C)C)cc1OC. The van der Waals surface area contributed by atoms with Crippen LogP contribution in [-0.2, 0) is 0 Å². The molecule has 2 nitrogen and oxygen atoms in total. The Balaban J connectivity index is 3.25. The van der Waals surface area contributed by atoms with Crippen molar-refractivity contribution < 1.29 is 9.47 Å². The number of hydrogen-bond donors (Lipinski definition) is 0. The second kappa shape index (κ2) is 7.05. The Labute approximate surface area is 122 Å². The standard InChI is InChI=1S/C14H18BrClO2/c1-9(2)11(8-16)5-10-6-13(17-3)14(18-4)7-12(10)15/h5-7,9H,8H2,1-4H3. The highest BCUT2D eigenvalue weighted by atomic mass is 79.9. The summed E-state index contributed by atoms with van der Waals surface area (Å²) in [6, 6.07) is 3.84. The molecule has 18 heavy (non-hydrogen) atoms. The molecule has 1 aromatic rings. The first-order chi connectivity index (χ1) is 8.53. The lowest BCUT2D eigenvalue weighted by Gasteiger charge is -2.12. The van der Waals surface area contributed by atoms with Gasteiger partial charge in [-0.15, -0.1) is 11.6 Å². The molecule has 0 spiro atoms. The summed E-state index contributed by atoms with van der Waals surface area (Å²) in [6.07, 6.45) is 2.09. The van der Waals surface area contributed by atoms with Gasteiger partial charge in [-0.25, -0.2) is 0 Å². The van der Waals surface area contributed by atoms with Gasteiger partial charge in [-0.1, -0.05) is 41.4 Å². The zero-order chi connectivity index (χ0) is 13.7. The molecule has 0 aliphatic heterocycles. The molecule has 0 amide bonds. The van der Waals surface area contributed by atoms with Crippen molar-refractivity contribution in [3.8, 4) is 11.5 Å². The number of halogens is 2. The maximum atomic E-state index is 5.96. The van der Waals surface area contributed by atoms with E-state index in [1.807, 2.05) is 12.1 Å². The van der Waals surface area contributed by atoms with E-state index in [1.165, 1.54) is 5.57 Å². The number of hydrogen-bond acceptors (Lipinski definition) is 2. The van der Waals surface area contributed by atoms with E-state index >= 15 is 0 Å². The smallest absolute Gasteiger partial charge is 0.161 e. The second-order valence-corrected chi connectivity index (χ2v) is 5.36. The largest absolute Gasteiger partial charge is 0.493 e. The van der Waals surface area contributed by atoms with Crippen molar-refractivity contribution in [2.24, 2.45) is 5.92 Å². The Hall–Kier alpha value is -0.670. The van der Waals surface area contributed by atoms with Gasteiger partial charge in [-0.2, -0.15) is 0 Å². The molecule has 0 saturated carbocycles. The fourth-order valence-corrected chi connectivity index (χ4v) is 2.36. The molecule has 0 aromatic heterocycles. The molecule has 0 fully saturated rings. The van der Waals surface area contributed by atoms with Gasteiger partial charge >= 0.3 is 0 Å². The van der Waals surface area contributed by atoms with Crippen LogP contribution in [0, 0.1) is 5.92 Å². The molecule has 0 aliphatic carbocycles. The average molecular weight is 334 g/mol. The van der Waals surface area contributed by atoms with Crippen LogP contribution in [-0.4, -0.2) is 20.1 Å². The fourth-order valence-electron chi connectivity index (χ4n) is 1.54. The van der Waals surface area contributed by atoms with Gasteiger partial charge in [-0.3, -0.25) is 0 Å². The maximum absolute atomic E-state index is 5.96. The summed E-state index contributed by atoms with van der Waals surface area (Å²) >= 11 is 9.49. The van der Waals surface area contributed by atoms with Crippen LogP contribution < -0.4 is 9.47 Å². The normalized spacial score (nSPS) is 11.8. The van der Waals surface area contributed by atoms with Crippen LogP contribution in [0.1, 0.15) is 19.4 Å². The lowest BCUT2D eigenvalue weighted by atomic mass is 10.0. The third-order valence-electron chi connectivity index (χ3n) is 2.74. The molecule has 4 heteroatoms. The highest BCUT2D eigenvalue weighted by molar-refractivity contribution is 9.10. The monoisotopic (exact) mass is 332 g/mol. The van der Waals surface area contributed by atoms with Crippen molar-refractivity contribution in [3.63, 3.8) is 0 Å². The second-order valence-electron chi connectivity index (χ2n) is 4.24. The number of methoxy groups -OCH3 is 2. The van der Waals surface area contributed by atoms with Gasteiger partial charge in [0.25, 0.3) is 0 Å². The van der Waals surface area contributed by atoms with Crippen LogP contribution in [0.3, 0.4) is 0 Å². The summed E-state index contributed by atoms with van der Waals surface area (Å²) in [5, 5.41) is 0. The van der Waals surface area contributed by atoms with Crippen LogP contribution in [0.25, 0.3) is 6.08 Å². The Morgan fingerprint density at radius 3 is 2.28 bits per heavy atom. The molecule has 0 heterocycles. The lowest BCUT2D eigenvalue weighted by molar-refractivity contribution is 0.354. The minimum absolute atomic E-state index is 0.419. The van der Waals surface area contributed by atoms with Gasteiger partial charge in [0.15, 0.2) is 11.5 Å².